The molecular weight excluding hydrogens is 182 g/mol. The van der Waals surface area contributed by atoms with Gasteiger partial charge in [-0.2, -0.15) is 0 Å². The quantitative estimate of drug-likeness (QED) is 0.739. The lowest BCUT2D eigenvalue weighted by Crippen LogP contribution is -2.36. The minimum atomic E-state index is 0.252. The Balaban J connectivity index is 2.33. The Labute approximate surface area is 92.9 Å². The van der Waals surface area contributed by atoms with E-state index in [0.29, 0.717) is 5.92 Å². The number of hydrogen-bond acceptors (Lipinski definition) is 1. The summed E-state index contributed by atoms with van der Waals surface area (Å²) in [5.74, 6) is 0.664. The molecule has 15 heavy (non-hydrogen) atoms. The second-order valence-electron chi connectivity index (χ2n) is 5.33. The molecule has 82 valence electrons. The van der Waals surface area contributed by atoms with Crippen LogP contribution in [-0.4, -0.2) is 12.1 Å². The smallest absolute Gasteiger partial charge is 0.0194 e. The van der Waals surface area contributed by atoms with E-state index in [1.807, 2.05) is 0 Å². The zero-order valence-corrected chi connectivity index (χ0v) is 10.2. The van der Waals surface area contributed by atoms with E-state index in [2.05, 4.69) is 51.2 Å². The minimum Gasteiger partial charge on any atom is -0.311 e. The summed E-state index contributed by atoms with van der Waals surface area (Å²) in [5.41, 5.74) is 4.55. The van der Waals surface area contributed by atoms with Crippen LogP contribution in [0.15, 0.2) is 18.2 Å². The Morgan fingerprint density at radius 2 is 1.93 bits per heavy atom. The molecule has 0 spiro atoms. The number of benzene rings is 1. The molecule has 1 aliphatic rings. The fraction of sp³-hybridized carbons (Fsp3) is 0.571. The van der Waals surface area contributed by atoms with Crippen molar-refractivity contribution in [3.8, 4) is 0 Å². The van der Waals surface area contributed by atoms with Crippen LogP contribution in [0.2, 0.25) is 0 Å². The summed E-state index contributed by atoms with van der Waals surface area (Å²) in [7, 11) is 0. The van der Waals surface area contributed by atoms with Crippen LogP contribution in [0.1, 0.15) is 42.9 Å². The molecule has 1 fully saturated rings. The van der Waals surface area contributed by atoms with Crippen molar-refractivity contribution in [1.29, 1.82) is 0 Å². The third-order valence-electron chi connectivity index (χ3n) is 3.82. The lowest BCUT2D eigenvalue weighted by atomic mass is 9.82. The first-order chi connectivity index (χ1) is 7.00. The molecule has 1 aliphatic heterocycles. The van der Waals surface area contributed by atoms with Gasteiger partial charge in [0.25, 0.3) is 0 Å². The lowest BCUT2D eigenvalue weighted by Gasteiger charge is -2.28. The second kappa shape index (κ2) is 3.64. The van der Waals surface area contributed by atoms with Gasteiger partial charge in [-0.25, -0.2) is 0 Å². The summed E-state index contributed by atoms with van der Waals surface area (Å²) in [6.07, 6.45) is 1.26. The Bertz CT molecular complexity index is 366. The van der Waals surface area contributed by atoms with Gasteiger partial charge in [-0.05, 0) is 57.4 Å². The number of nitrogens with one attached hydrogen (secondary N) is 1. The van der Waals surface area contributed by atoms with Gasteiger partial charge in [-0.15, -0.1) is 0 Å². The maximum Gasteiger partial charge on any atom is 0.0194 e. The highest BCUT2D eigenvalue weighted by Crippen LogP contribution is 2.35. The van der Waals surface area contributed by atoms with Crippen LogP contribution in [0.4, 0.5) is 0 Å². The molecule has 0 aromatic heterocycles. The van der Waals surface area contributed by atoms with E-state index >= 15 is 0 Å². The Morgan fingerprint density at radius 3 is 2.47 bits per heavy atom. The van der Waals surface area contributed by atoms with Gasteiger partial charge in [0.1, 0.15) is 0 Å². The first kappa shape index (κ1) is 10.7. The number of hydrogen-bond donors (Lipinski definition) is 1. The fourth-order valence-electron chi connectivity index (χ4n) is 2.59. The molecule has 2 rings (SSSR count). The normalized spacial score (nSPS) is 24.4. The highest BCUT2D eigenvalue weighted by Gasteiger charge is 2.34. The zero-order chi connectivity index (χ0) is 11.1. The topological polar surface area (TPSA) is 12.0 Å². The van der Waals surface area contributed by atoms with E-state index in [-0.39, 0.29) is 5.54 Å². The fourth-order valence-corrected chi connectivity index (χ4v) is 2.59. The Hall–Kier alpha value is -0.820. The predicted molar refractivity (Wildman–Crippen MR) is 65.4 cm³/mol. The largest absolute Gasteiger partial charge is 0.311 e. The van der Waals surface area contributed by atoms with Crippen LogP contribution in [0.25, 0.3) is 0 Å². The maximum atomic E-state index is 3.58. The van der Waals surface area contributed by atoms with Gasteiger partial charge in [-0.1, -0.05) is 18.2 Å². The van der Waals surface area contributed by atoms with Crippen LogP contribution in [0.3, 0.4) is 0 Å². The predicted octanol–water partition coefficient (Wildman–Crippen LogP) is 3.16. The molecule has 0 bridgehead atoms. The summed E-state index contributed by atoms with van der Waals surface area (Å²) in [6, 6.07) is 6.90. The minimum absolute atomic E-state index is 0.252. The van der Waals surface area contributed by atoms with E-state index < -0.39 is 0 Å². The second-order valence-corrected chi connectivity index (χ2v) is 5.33. The van der Waals surface area contributed by atoms with Crippen molar-refractivity contribution in [1.82, 2.24) is 5.32 Å². The molecule has 1 saturated heterocycles. The summed E-state index contributed by atoms with van der Waals surface area (Å²) >= 11 is 0. The molecule has 1 unspecified atom stereocenters. The van der Waals surface area contributed by atoms with Crippen molar-refractivity contribution < 1.29 is 0 Å². The van der Waals surface area contributed by atoms with Crippen LogP contribution in [0, 0.1) is 13.8 Å². The molecular formula is C14H21N. The van der Waals surface area contributed by atoms with E-state index in [4.69, 9.17) is 0 Å². The zero-order valence-electron chi connectivity index (χ0n) is 10.2. The molecule has 1 nitrogen and oxygen atoms in total. The van der Waals surface area contributed by atoms with Gasteiger partial charge >= 0.3 is 0 Å². The van der Waals surface area contributed by atoms with Gasteiger partial charge < -0.3 is 5.32 Å². The highest BCUT2D eigenvalue weighted by molar-refractivity contribution is 5.34. The first-order valence-electron chi connectivity index (χ1n) is 5.83. The molecule has 1 atom stereocenters. The van der Waals surface area contributed by atoms with Crippen molar-refractivity contribution in [2.75, 3.05) is 6.54 Å². The van der Waals surface area contributed by atoms with Crippen LogP contribution in [0.5, 0.6) is 0 Å². The number of aryl methyl sites for hydroxylation is 2. The van der Waals surface area contributed by atoms with Crippen molar-refractivity contribution in [2.24, 2.45) is 0 Å². The third kappa shape index (κ3) is 1.93. The standard InChI is InChI=1S/C14H21N/c1-10-5-6-12(9-11(10)2)13-7-8-15-14(13,3)4/h5-6,9,13,15H,7-8H2,1-4H3. The van der Waals surface area contributed by atoms with Gasteiger partial charge in [-0.3, -0.25) is 0 Å². The molecule has 1 heterocycles. The first-order valence-corrected chi connectivity index (χ1v) is 5.83. The van der Waals surface area contributed by atoms with E-state index in [9.17, 15) is 0 Å². The third-order valence-corrected chi connectivity index (χ3v) is 3.82. The van der Waals surface area contributed by atoms with E-state index in [1.165, 1.54) is 23.1 Å². The van der Waals surface area contributed by atoms with E-state index in [1.54, 1.807) is 0 Å². The molecule has 1 N–H and O–H groups in total. The van der Waals surface area contributed by atoms with Crippen LogP contribution < -0.4 is 5.32 Å². The molecule has 1 aromatic rings. The van der Waals surface area contributed by atoms with Crippen molar-refractivity contribution in [3.63, 3.8) is 0 Å². The molecule has 0 saturated carbocycles. The Kier molecular flexibility index (Phi) is 2.59. The molecule has 0 amide bonds. The van der Waals surface area contributed by atoms with Gasteiger partial charge in [0, 0.05) is 11.5 Å². The van der Waals surface area contributed by atoms with Crippen molar-refractivity contribution in [2.45, 2.75) is 45.6 Å². The molecule has 0 aliphatic carbocycles. The monoisotopic (exact) mass is 203 g/mol. The highest BCUT2D eigenvalue weighted by atomic mass is 15.0. The molecule has 1 aromatic carbocycles. The maximum absolute atomic E-state index is 3.58. The van der Waals surface area contributed by atoms with Crippen molar-refractivity contribution >= 4 is 0 Å². The lowest BCUT2D eigenvalue weighted by molar-refractivity contribution is 0.411. The van der Waals surface area contributed by atoms with Crippen molar-refractivity contribution in [3.05, 3.63) is 34.9 Å². The SMILES string of the molecule is Cc1ccc(C2CCNC2(C)C)cc1C. The number of rotatable bonds is 1. The summed E-state index contributed by atoms with van der Waals surface area (Å²) in [4.78, 5) is 0. The summed E-state index contributed by atoms with van der Waals surface area (Å²) in [5, 5.41) is 3.58. The Morgan fingerprint density at radius 1 is 1.20 bits per heavy atom. The average molecular weight is 203 g/mol. The summed E-state index contributed by atoms with van der Waals surface area (Å²) < 4.78 is 0. The van der Waals surface area contributed by atoms with Crippen LogP contribution in [-0.2, 0) is 0 Å². The van der Waals surface area contributed by atoms with Gasteiger partial charge in [0.15, 0.2) is 0 Å². The molecule has 0 radical (unpaired) electrons. The molecule has 1 heteroatoms. The average Bonchev–Trinajstić information content (AvgIpc) is 2.50. The van der Waals surface area contributed by atoms with Crippen LogP contribution >= 0.6 is 0 Å². The van der Waals surface area contributed by atoms with Gasteiger partial charge in [0.05, 0.1) is 0 Å². The van der Waals surface area contributed by atoms with E-state index in [0.717, 1.165) is 6.54 Å². The summed E-state index contributed by atoms with van der Waals surface area (Å²) in [6.45, 7) is 10.1. The van der Waals surface area contributed by atoms with Gasteiger partial charge in [0.2, 0.25) is 0 Å².